The minimum Gasteiger partial charge on any atom is -0.248 e. The molecule has 0 spiro atoms. The van der Waals surface area contributed by atoms with Gasteiger partial charge in [-0.15, -0.1) is 0 Å². The fourth-order valence-corrected chi connectivity index (χ4v) is 5.63. The third-order valence-electron chi connectivity index (χ3n) is 2.44. The number of aliphatic imine (C=N–C) groups is 2. The van der Waals surface area contributed by atoms with E-state index < -0.39 is 0 Å². The van der Waals surface area contributed by atoms with E-state index in [2.05, 4.69) is 34.6 Å². The summed E-state index contributed by atoms with van der Waals surface area (Å²) in [5.74, 6) is 2.45. The maximum absolute atomic E-state index is 4.53. The van der Waals surface area contributed by atoms with E-state index in [1.54, 1.807) is 0 Å². The molecule has 2 aliphatic heterocycles. The van der Waals surface area contributed by atoms with Crippen molar-refractivity contribution in [1.82, 2.24) is 0 Å². The second-order valence-electron chi connectivity index (χ2n) is 3.48. The van der Waals surface area contributed by atoms with Crippen LogP contribution in [0.15, 0.2) is 33.2 Å². The monoisotopic (exact) mass is 242 g/mol. The van der Waals surface area contributed by atoms with Gasteiger partial charge in [-0.1, -0.05) is 13.8 Å². The van der Waals surface area contributed by atoms with Crippen LogP contribution in [0, 0.1) is 0 Å². The molecule has 0 saturated carbocycles. The minimum absolute atomic E-state index is 0.137. The van der Waals surface area contributed by atoms with Crippen molar-refractivity contribution in [2.75, 3.05) is 11.5 Å². The molecule has 0 aliphatic carbocycles. The van der Waals surface area contributed by atoms with Gasteiger partial charge in [-0.25, -0.2) is 9.98 Å². The lowest BCUT2D eigenvalue weighted by Crippen LogP contribution is -2.12. The molecule has 2 aliphatic rings. The highest BCUT2D eigenvalue weighted by Gasteiger charge is 2.23. The average Bonchev–Trinajstić information content (AvgIpc) is 2.84. The van der Waals surface area contributed by atoms with Gasteiger partial charge in [0.2, 0.25) is 0 Å². The van der Waals surface area contributed by atoms with Gasteiger partial charge in [0, 0.05) is 12.4 Å². The van der Waals surface area contributed by atoms with E-state index in [0.717, 1.165) is 0 Å². The van der Waals surface area contributed by atoms with Crippen molar-refractivity contribution >= 4 is 31.9 Å². The predicted octanol–water partition coefficient (Wildman–Crippen LogP) is 3.19. The number of thiol groups is 2. The summed E-state index contributed by atoms with van der Waals surface area (Å²) in [4.78, 5) is 9.04. The van der Waals surface area contributed by atoms with Crippen LogP contribution in [-0.2, 0) is 0 Å². The predicted molar refractivity (Wildman–Crippen MR) is 76.8 cm³/mol. The normalized spacial score (nSPS) is 33.2. The first-order chi connectivity index (χ1) is 7.36. The molecule has 2 nitrogen and oxygen atoms in total. The molecule has 0 aromatic rings. The largest absolute Gasteiger partial charge is 0.248 e. The van der Waals surface area contributed by atoms with Crippen molar-refractivity contribution in [3.63, 3.8) is 0 Å². The van der Waals surface area contributed by atoms with Gasteiger partial charge in [0.25, 0.3) is 0 Å². The second kappa shape index (κ2) is 5.03. The molecule has 0 radical (unpaired) electrons. The Morgan fingerprint density at radius 3 is 2.20 bits per heavy atom. The zero-order valence-electron chi connectivity index (χ0n) is 9.22. The first-order valence-electron chi connectivity index (χ1n) is 5.39. The Morgan fingerprint density at radius 2 is 1.60 bits per heavy atom. The molecule has 2 rings (SSSR count). The zero-order valence-corrected chi connectivity index (χ0v) is 11.0. The quantitative estimate of drug-likeness (QED) is 0.708. The van der Waals surface area contributed by atoms with Gasteiger partial charge >= 0.3 is 0 Å². The van der Waals surface area contributed by atoms with E-state index in [9.17, 15) is 0 Å². The zero-order chi connectivity index (χ0) is 10.7. The molecule has 0 amide bonds. The van der Waals surface area contributed by atoms with Crippen LogP contribution in [0.4, 0.5) is 0 Å². The first-order valence-corrected chi connectivity index (χ1v) is 8.58. The van der Waals surface area contributed by atoms with Gasteiger partial charge in [-0.3, -0.25) is 0 Å². The Balaban J connectivity index is 2.12. The van der Waals surface area contributed by atoms with E-state index in [1.807, 2.05) is 12.4 Å². The molecule has 0 bridgehead atoms. The Morgan fingerprint density at radius 1 is 1.00 bits per heavy atom. The van der Waals surface area contributed by atoms with Crippen LogP contribution < -0.4 is 0 Å². The number of hydrogen-bond acceptors (Lipinski definition) is 2. The molecule has 4 heteroatoms. The lowest BCUT2D eigenvalue weighted by molar-refractivity contribution is 1.11. The molecule has 84 valence electrons. The van der Waals surface area contributed by atoms with Gasteiger partial charge < -0.3 is 0 Å². The van der Waals surface area contributed by atoms with Crippen LogP contribution in [0.3, 0.4) is 0 Å². The maximum Gasteiger partial charge on any atom is 0.111 e. The molecule has 2 heterocycles. The number of hydrogen-bond donors (Lipinski definition) is 2. The smallest absolute Gasteiger partial charge is 0.111 e. The van der Waals surface area contributed by atoms with Crippen LogP contribution in [0.2, 0.25) is 0 Å². The number of rotatable bonds is 4. The van der Waals surface area contributed by atoms with Crippen LogP contribution in [-0.4, -0.2) is 21.6 Å². The summed E-state index contributed by atoms with van der Waals surface area (Å²) in [5.41, 5.74) is 0. The van der Waals surface area contributed by atoms with E-state index in [4.69, 9.17) is 0 Å². The Hall–Kier alpha value is -0.480. The average molecular weight is 242 g/mol. The van der Waals surface area contributed by atoms with Crippen molar-refractivity contribution < 1.29 is 0 Å². The summed E-state index contributed by atoms with van der Waals surface area (Å²) in [6, 6.07) is 0. The molecule has 0 N–H and O–H groups in total. The van der Waals surface area contributed by atoms with Crippen molar-refractivity contribution in [2.45, 2.75) is 20.3 Å². The Bertz CT molecular complexity index is 356. The molecule has 0 saturated heterocycles. The molecule has 2 unspecified atom stereocenters. The number of nitrogens with zero attached hydrogens (tertiary/aromatic N) is 2. The van der Waals surface area contributed by atoms with Crippen LogP contribution >= 0.6 is 21.8 Å². The van der Waals surface area contributed by atoms with E-state index in [-0.39, 0.29) is 21.8 Å². The maximum atomic E-state index is 4.53. The van der Waals surface area contributed by atoms with Crippen molar-refractivity contribution in [2.24, 2.45) is 9.98 Å². The lowest BCUT2D eigenvalue weighted by Gasteiger charge is -2.20. The third-order valence-corrected chi connectivity index (χ3v) is 6.95. The lowest BCUT2D eigenvalue weighted by atomic mass is 10.6. The summed E-state index contributed by atoms with van der Waals surface area (Å²) in [6.07, 6.45) is 5.17. The molecule has 15 heavy (non-hydrogen) atoms. The topological polar surface area (TPSA) is 24.7 Å². The minimum atomic E-state index is -0.140. The molecular weight excluding hydrogens is 224 g/mol. The summed E-state index contributed by atoms with van der Waals surface area (Å²) in [7, 11) is -0.277. The third kappa shape index (κ3) is 2.21. The Labute approximate surface area is 97.0 Å². The van der Waals surface area contributed by atoms with Gasteiger partial charge in [0.05, 0.1) is 0 Å². The molecule has 0 fully saturated rings. The van der Waals surface area contributed by atoms with Crippen molar-refractivity contribution in [3.8, 4) is 0 Å². The highest BCUT2D eigenvalue weighted by molar-refractivity contribution is 8.42. The van der Waals surface area contributed by atoms with Gasteiger partial charge in [-0.2, -0.15) is 21.8 Å². The molecule has 0 aromatic heterocycles. The van der Waals surface area contributed by atoms with Crippen LogP contribution in [0.1, 0.15) is 20.3 Å². The summed E-state index contributed by atoms with van der Waals surface area (Å²) in [6.45, 7) is 4.48. The molecule has 0 aromatic carbocycles. The standard InChI is InChI=1S/C11H18N2S2/c1-3-7-15-9-6-13-11(15)10-12-5-8-14(10)4-2/h5-6,8-9,14-15H,3-4,7H2,1-2H3. The summed E-state index contributed by atoms with van der Waals surface area (Å²) in [5, 5.41) is 7.12. The van der Waals surface area contributed by atoms with E-state index in [1.165, 1.54) is 28.0 Å². The Kier molecular flexibility index (Phi) is 3.70. The van der Waals surface area contributed by atoms with Crippen molar-refractivity contribution in [3.05, 3.63) is 23.2 Å². The van der Waals surface area contributed by atoms with E-state index in [0.29, 0.717) is 0 Å². The van der Waals surface area contributed by atoms with Gasteiger partial charge in [-0.05, 0) is 28.7 Å². The molecule has 2 atom stereocenters. The van der Waals surface area contributed by atoms with Crippen LogP contribution in [0.25, 0.3) is 0 Å². The second-order valence-corrected chi connectivity index (χ2v) is 7.88. The summed E-state index contributed by atoms with van der Waals surface area (Å²) >= 11 is 0. The fourth-order valence-electron chi connectivity index (χ4n) is 1.71. The highest BCUT2D eigenvalue weighted by Crippen LogP contribution is 2.43. The SMILES string of the molecule is CCC[SH]1C=CN=C1C1=NC=C[SH]1CC. The van der Waals surface area contributed by atoms with Crippen molar-refractivity contribution in [1.29, 1.82) is 0 Å². The highest BCUT2D eigenvalue weighted by atomic mass is 32.2. The molecular formula is C11H18N2S2. The fraction of sp³-hybridized carbons (Fsp3) is 0.455. The summed E-state index contributed by atoms with van der Waals surface area (Å²) < 4.78 is 0. The van der Waals surface area contributed by atoms with Gasteiger partial charge in [0.1, 0.15) is 10.1 Å². The first kappa shape index (κ1) is 11.0. The van der Waals surface area contributed by atoms with Crippen LogP contribution in [0.5, 0.6) is 0 Å². The van der Waals surface area contributed by atoms with E-state index >= 15 is 0 Å². The van der Waals surface area contributed by atoms with Gasteiger partial charge in [0.15, 0.2) is 0 Å².